The average molecular weight is 404 g/mol. The van der Waals surface area contributed by atoms with Crippen LogP contribution in [0.25, 0.3) is 20.7 Å². The number of fused-ring (bicyclic) bond motifs is 1. The first-order chi connectivity index (χ1) is 13.1. The Kier molecular flexibility index (Phi) is 5.38. The third kappa shape index (κ3) is 3.83. The molecule has 1 aliphatic heterocycles. The van der Waals surface area contributed by atoms with Gasteiger partial charge in [0.05, 0.1) is 11.9 Å². The van der Waals surface area contributed by atoms with E-state index in [2.05, 4.69) is 17.2 Å². The van der Waals surface area contributed by atoms with E-state index < -0.39 is 0 Å². The van der Waals surface area contributed by atoms with E-state index in [1.54, 1.807) is 11.3 Å². The summed E-state index contributed by atoms with van der Waals surface area (Å²) < 4.78 is 0. The van der Waals surface area contributed by atoms with E-state index in [9.17, 15) is 9.59 Å². The summed E-state index contributed by atoms with van der Waals surface area (Å²) in [5.74, 6) is 0.989. The summed E-state index contributed by atoms with van der Waals surface area (Å²) in [6.45, 7) is 4.67. The molecule has 142 valence electrons. The minimum atomic E-state index is -0.0671. The smallest absolute Gasteiger partial charge is 0.260 e. The number of carbonyl (C=O) groups is 1. The summed E-state index contributed by atoms with van der Waals surface area (Å²) in [5.41, 5.74) is 0.903. The maximum atomic E-state index is 12.7. The highest BCUT2D eigenvalue weighted by molar-refractivity contribution is 7.18. The molecule has 0 radical (unpaired) electrons. The van der Waals surface area contributed by atoms with Crippen molar-refractivity contribution in [3.63, 3.8) is 0 Å². The largest absolute Gasteiger partial charge is 0.342 e. The van der Waals surface area contributed by atoms with Crippen LogP contribution >= 0.6 is 22.7 Å². The number of quaternary nitrogens is 1. The molecule has 0 spiro atoms. The van der Waals surface area contributed by atoms with Gasteiger partial charge in [0.15, 0.2) is 5.82 Å². The normalized spacial score (nSPS) is 15.7. The van der Waals surface area contributed by atoms with Crippen LogP contribution in [0.15, 0.2) is 27.7 Å². The number of nitrogens with two attached hydrogens (primary N) is 1. The van der Waals surface area contributed by atoms with Crippen molar-refractivity contribution in [3.8, 4) is 10.4 Å². The molecule has 1 aliphatic rings. The quantitative estimate of drug-likeness (QED) is 0.594. The highest BCUT2D eigenvalue weighted by atomic mass is 32.1. The molecule has 4 heterocycles. The maximum absolute atomic E-state index is 12.7. The maximum Gasteiger partial charge on any atom is 0.260 e. The number of rotatable bonds is 7. The van der Waals surface area contributed by atoms with Gasteiger partial charge in [-0.1, -0.05) is 6.07 Å². The molecule has 27 heavy (non-hydrogen) atoms. The summed E-state index contributed by atoms with van der Waals surface area (Å²) in [5, 5.41) is 6.90. The van der Waals surface area contributed by atoms with Crippen molar-refractivity contribution >= 4 is 38.8 Å². The van der Waals surface area contributed by atoms with Gasteiger partial charge in [0.1, 0.15) is 10.9 Å². The Hall–Kier alpha value is -2.03. The monoisotopic (exact) mass is 403 g/mol. The molecular formula is C19H23N4O2S2+. The third-order valence-corrected chi connectivity index (χ3v) is 6.78. The molecular weight excluding hydrogens is 380 g/mol. The van der Waals surface area contributed by atoms with Crippen molar-refractivity contribution in [3.05, 3.63) is 39.1 Å². The number of H-pyrrole nitrogens is 1. The Morgan fingerprint density at radius 3 is 3.00 bits per heavy atom. The topological polar surface area (TPSA) is 82.7 Å². The van der Waals surface area contributed by atoms with Crippen LogP contribution in [-0.2, 0) is 4.79 Å². The molecule has 0 unspecified atom stereocenters. The van der Waals surface area contributed by atoms with Crippen LogP contribution in [0, 0.1) is 0 Å². The van der Waals surface area contributed by atoms with Gasteiger partial charge in [-0.15, -0.1) is 22.7 Å². The second-order valence-electron chi connectivity index (χ2n) is 6.91. The highest BCUT2D eigenvalue weighted by Crippen LogP contribution is 2.33. The van der Waals surface area contributed by atoms with Crippen LogP contribution in [-0.4, -0.2) is 40.4 Å². The van der Waals surface area contributed by atoms with Crippen LogP contribution < -0.4 is 10.9 Å². The lowest BCUT2D eigenvalue weighted by molar-refractivity contribution is -0.694. The van der Waals surface area contributed by atoms with Gasteiger partial charge in [0.2, 0.25) is 5.91 Å². The van der Waals surface area contributed by atoms with E-state index in [1.165, 1.54) is 11.3 Å². The number of likely N-dealkylation sites (tertiary alicyclic amines) is 1. The lowest BCUT2D eigenvalue weighted by Gasteiger charge is -2.15. The van der Waals surface area contributed by atoms with Crippen molar-refractivity contribution in [2.45, 2.75) is 32.2 Å². The fourth-order valence-electron chi connectivity index (χ4n) is 3.50. The fourth-order valence-corrected chi connectivity index (χ4v) is 5.27. The Bertz CT molecular complexity index is 993. The molecule has 3 aromatic rings. The second-order valence-corrected chi connectivity index (χ2v) is 8.71. The van der Waals surface area contributed by atoms with Gasteiger partial charge in [0, 0.05) is 41.8 Å². The van der Waals surface area contributed by atoms with Gasteiger partial charge in [0.25, 0.3) is 5.56 Å². The van der Waals surface area contributed by atoms with Gasteiger partial charge in [-0.05, 0) is 24.8 Å². The van der Waals surface area contributed by atoms with Crippen LogP contribution in [0.5, 0.6) is 0 Å². The van der Waals surface area contributed by atoms with Gasteiger partial charge < -0.3 is 15.2 Å². The average Bonchev–Trinajstić information content (AvgIpc) is 3.39. The van der Waals surface area contributed by atoms with E-state index in [-0.39, 0.29) is 17.5 Å². The van der Waals surface area contributed by atoms with E-state index >= 15 is 0 Å². The van der Waals surface area contributed by atoms with E-state index in [0.29, 0.717) is 17.6 Å². The highest BCUT2D eigenvalue weighted by Gasteiger charge is 2.20. The molecule has 0 bridgehead atoms. The molecule has 6 nitrogen and oxygen atoms in total. The van der Waals surface area contributed by atoms with Crippen molar-refractivity contribution in [1.82, 2.24) is 14.9 Å². The summed E-state index contributed by atoms with van der Waals surface area (Å²) in [4.78, 5) is 35.8. The number of thiophene rings is 2. The van der Waals surface area contributed by atoms with Crippen LogP contribution in [0.2, 0.25) is 0 Å². The van der Waals surface area contributed by atoms with Gasteiger partial charge >= 0.3 is 0 Å². The van der Waals surface area contributed by atoms with Crippen LogP contribution in [0.4, 0.5) is 0 Å². The number of hydrogen-bond acceptors (Lipinski definition) is 5. The molecule has 1 amide bonds. The molecule has 4 rings (SSSR count). The van der Waals surface area contributed by atoms with Gasteiger partial charge in [-0.25, -0.2) is 4.98 Å². The van der Waals surface area contributed by atoms with E-state index in [0.717, 1.165) is 47.7 Å². The second kappa shape index (κ2) is 7.92. The van der Waals surface area contributed by atoms with Crippen molar-refractivity contribution < 1.29 is 10.1 Å². The molecule has 1 fully saturated rings. The zero-order valence-electron chi connectivity index (χ0n) is 15.2. The summed E-state index contributed by atoms with van der Waals surface area (Å²) in [7, 11) is 0. The predicted octanol–water partition coefficient (Wildman–Crippen LogP) is 2.35. The summed E-state index contributed by atoms with van der Waals surface area (Å²) >= 11 is 3.15. The fraction of sp³-hybridized carbons (Fsp3) is 0.421. The zero-order valence-corrected chi connectivity index (χ0v) is 16.9. The first-order valence-corrected chi connectivity index (χ1v) is 11.1. The Morgan fingerprint density at radius 2 is 2.26 bits per heavy atom. The number of aromatic amines is 1. The van der Waals surface area contributed by atoms with Crippen molar-refractivity contribution in [2.75, 3.05) is 19.6 Å². The van der Waals surface area contributed by atoms with Crippen LogP contribution in [0.3, 0.4) is 0 Å². The van der Waals surface area contributed by atoms with Gasteiger partial charge in [-0.3, -0.25) is 9.59 Å². The Labute approximate surface area is 165 Å². The standard InChI is InChI=1S/C19H22N4O2S2/c1-12(20-7-4-9-23-8-2-6-15(23)24)17-21-18(25)16-13(11-27-19(16)22-17)14-5-3-10-26-14/h3,5,10-12,20H,2,4,6-9H2,1H3,(H,21,22,25)/p+1/t12-/m0/s1. The Morgan fingerprint density at radius 1 is 1.37 bits per heavy atom. The number of carbonyl (C=O) groups excluding carboxylic acids is 1. The number of hydrogen-bond donors (Lipinski definition) is 2. The third-order valence-electron chi connectivity index (χ3n) is 5.00. The molecule has 0 aromatic carbocycles. The minimum absolute atomic E-state index is 0.0671. The molecule has 1 saturated heterocycles. The van der Waals surface area contributed by atoms with Crippen molar-refractivity contribution in [2.24, 2.45) is 0 Å². The zero-order chi connectivity index (χ0) is 18.8. The summed E-state index contributed by atoms with van der Waals surface area (Å²) in [6.07, 6.45) is 2.63. The van der Waals surface area contributed by atoms with E-state index in [4.69, 9.17) is 4.98 Å². The molecule has 0 aliphatic carbocycles. The molecule has 3 N–H and O–H groups in total. The first-order valence-electron chi connectivity index (χ1n) is 9.30. The SMILES string of the molecule is C[C@H]([NH2+]CCCN1CCCC1=O)c1nc2scc(-c3cccs3)c2c(=O)[nH]1. The number of nitrogens with one attached hydrogen (secondary N) is 1. The minimum Gasteiger partial charge on any atom is -0.342 e. The van der Waals surface area contributed by atoms with Crippen LogP contribution in [0.1, 0.15) is 38.1 Å². The van der Waals surface area contributed by atoms with Crippen molar-refractivity contribution in [1.29, 1.82) is 0 Å². The number of aromatic nitrogens is 2. The number of amides is 1. The number of nitrogens with zero attached hydrogens (tertiary/aromatic N) is 2. The predicted molar refractivity (Wildman–Crippen MR) is 109 cm³/mol. The lowest BCUT2D eigenvalue weighted by Crippen LogP contribution is -2.85. The Balaban J connectivity index is 1.42. The molecule has 1 atom stereocenters. The van der Waals surface area contributed by atoms with Gasteiger partial charge in [-0.2, -0.15) is 0 Å². The first kappa shape index (κ1) is 18.3. The lowest BCUT2D eigenvalue weighted by atomic mass is 10.2. The molecule has 8 heteroatoms. The molecule has 3 aromatic heterocycles. The van der Waals surface area contributed by atoms with E-state index in [1.807, 2.05) is 27.8 Å². The summed E-state index contributed by atoms with van der Waals surface area (Å²) in [6, 6.07) is 4.09. The molecule has 0 saturated carbocycles.